The van der Waals surface area contributed by atoms with E-state index in [1.165, 1.54) is 25.3 Å². The molecule has 6 nitrogen and oxygen atoms in total. The van der Waals surface area contributed by atoms with Crippen LogP contribution in [0.3, 0.4) is 0 Å². The predicted molar refractivity (Wildman–Crippen MR) is 131 cm³/mol. The summed E-state index contributed by atoms with van der Waals surface area (Å²) in [6, 6.07) is 17.0. The fourth-order valence-electron chi connectivity index (χ4n) is 3.08. The number of halogens is 3. The molecule has 3 rings (SSSR count). The highest BCUT2D eigenvalue weighted by Gasteiger charge is 2.26. The van der Waals surface area contributed by atoms with Crippen molar-refractivity contribution in [2.24, 2.45) is 0 Å². The Morgan fingerprint density at radius 2 is 1.70 bits per heavy atom. The van der Waals surface area contributed by atoms with Gasteiger partial charge in [-0.3, -0.25) is 4.79 Å². The zero-order chi connectivity index (χ0) is 24.0. The number of hydrogen-bond acceptors (Lipinski definition) is 4. The highest BCUT2D eigenvalue weighted by molar-refractivity contribution is 7.89. The summed E-state index contributed by atoms with van der Waals surface area (Å²) in [7, 11) is -2.63. The summed E-state index contributed by atoms with van der Waals surface area (Å²) in [4.78, 5) is 12.9. The lowest BCUT2D eigenvalue weighted by Crippen LogP contribution is -2.47. The third kappa shape index (κ3) is 6.85. The van der Waals surface area contributed by atoms with Crippen LogP contribution in [0.1, 0.15) is 11.1 Å². The van der Waals surface area contributed by atoms with E-state index in [0.717, 1.165) is 5.56 Å². The van der Waals surface area contributed by atoms with E-state index in [4.69, 9.17) is 39.5 Å². The van der Waals surface area contributed by atoms with Gasteiger partial charge in [0.25, 0.3) is 0 Å². The van der Waals surface area contributed by atoms with E-state index in [1.54, 1.807) is 18.2 Å². The topological polar surface area (TPSA) is 84.5 Å². The number of amides is 1. The first-order valence-electron chi connectivity index (χ1n) is 9.81. The van der Waals surface area contributed by atoms with E-state index in [-0.39, 0.29) is 22.9 Å². The van der Waals surface area contributed by atoms with E-state index in [2.05, 4.69) is 10.0 Å². The van der Waals surface area contributed by atoms with Crippen LogP contribution in [0.4, 0.5) is 0 Å². The van der Waals surface area contributed by atoms with Crippen LogP contribution in [-0.2, 0) is 27.8 Å². The summed E-state index contributed by atoms with van der Waals surface area (Å²) in [5.74, 6) is -0.165. The molecular weight excluding hydrogens is 507 g/mol. The highest BCUT2D eigenvalue weighted by atomic mass is 35.5. The molecule has 0 aliphatic rings. The number of ether oxygens (including phenoxy) is 1. The normalized spacial score (nSPS) is 12.2. The molecular formula is C23H21Cl3N2O4S. The summed E-state index contributed by atoms with van der Waals surface area (Å²) < 4.78 is 33.6. The van der Waals surface area contributed by atoms with Gasteiger partial charge in [-0.15, -0.1) is 0 Å². The molecule has 0 aliphatic carbocycles. The monoisotopic (exact) mass is 526 g/mol. The zero-order valence-electron chi connectivity index (χ0n) is 17.5. The first-order valence-corrected chi connectivity index (χ1v) is 12.4. The quantitative estimate of drug-likeness (QED) is 0.416. The zero-order valence-corrected chi connectivity index (χ0v) is 20.6. The summed E-state index contributed by atoms with van der Waals surface area (Å²) in [6.07, 6.45) is 0.143. The fraction of sp³-hybridized carbons (Fsp3) is 0.174. The van der Waals surface area contributed by atoms with Crippen molar-refractivity contribution in [1.29, 1.82) is 0 Å². The highest BCUT2D eigenvalue weighted by Crippen LogP contribution is 2.27. The fourth-order valence-corrected chi connectivity index (χ4v) is 5.10. The van der Waals surface area contributed by atoms with Gasteiger partial charge in [0, 0.05) is 16.6 Å². The van der Waals surface area contributed by atoms with Crippen LogP contribution in [0.5, 0.6) is 5.75 Å². The van der Waals surface area contributed by atoms with Crippen molar-refractivity contribution in [3.05, 3.63) is 92.9 Å². The standard InChI is InChI=1S/C23H21Cl3N2O4S/c1-32-22-10-9-18(13-20(22)26)33(30,31)28-21(11-15-5-3-2-4-6-15)23(29)27-14-16-7-8-17(24)12-19(16)25/h2-10,12-13,21,28H,11,14H2,1H3,(H,27,29)/t21-/m1/s1. The minimum atomic E-state index is -4.06. The molecule has 174 valence electrons. The second-order valence-electron chi connectivity index (χ2n) is 7.11. The number of nitrogens with one attached hydrogen (secondary N) is 2. The Labute approximate surface area is 207 Å². The maximum absolute atomic E-state index is 13.0. The largest absolute Gasteiger partial charge is 0.495 e. The van der Waals surface area contributed by atoms with Gasteiger partial charge < -0.3 is 10.1 Å². The van der Waals surface area contributed by atoms with Crippen LogP contribution in [-0.4, -0.2) is 27.5 Å². The van der Waals surface area contributed by atoms with Crippen LogP contribution in [0.2, 0.25) is 15.1 Å². The number of carbonyl (C=O) groups is 1. The van der Waals surface area contributed by atoms with Crippen LogP contribution < -0.4 is 14.8 Å². The molecule has 1 atom stereocenters. The Kier molecular flexibility index (Phi) is 8.62. The molecule has 0 saturated carbocycles. The van der Waals surface area contributed by atoms with Gasteiger partial charge in [-0.1, -0.05) is 71.2 Å². The average Bonchev–Trinajstić information content (AvgIpc) is 2.78. The first kappa shape index (κ1) is 25.3. The Morgan fingerprint density at radius 3 is 2.33 bits per heavy atom. The van der Waals surface area contributed by atoms with E-state index >= 15 is 0 Å². The van der Waals surface area contributed by atoms with E-state index in [1.807, 2.05) is 30.3 Å². The number of hydrogen-bond donors (Lipinski definition) is 2. The molecule has 10 heteroatoms. The van der Waals surface area contributed by atoms with Gasteiger partial charge in [0.2, 0.25) is 15.9 Å². The number of sulfonamides is 1. The van der Waals surface area contributed by atoms with Crippen molar-refractivity contribution in [2.75, 3.05) is 7.11 Å². The molecule has 0 bridgehead atoms. The molecule has 33 heavy (non-hydrogen) atoms. The van der Waals surface area contributed by atoms with E-state index in [9.17, 15) is 13.2 Å². The first-order chi connectivity index (χ1) is 15.7. The van der Waals surface area contributed by atoms with Crippen LogP contribution >= 0.6 is 34.8 Å². The second kappa shape index (κ2) is 11.2. The van der Waals surface area contributed by atoms with Crippen molar-refractivity contribution in [2.45, 2.75) is 23.9 Å². The Bertz CT molecular complexity index is 1240. The molecule has 0 spiro atoms. The molecule has 3 aromatic carbocycles. The number of benzene rings is 3. The van der Waals surface area contributed by atoms with Gasteiger partial charge in [0.1, 0.15) is 11.8 Å². The van der Waals surface area contributed by atoms with Gasteiger partial charge in [0.15, 0.2) is 0 Å². The number of rotatable bonds is 9. The number of carbonyl (C=O) groups excluding carboxylic acids is 1. The third-order valence-corrected chi connectivity index (χ3v) is 7.15. The molecule has 0 heterocycles. The van der Waals surface area contributed by atoms with Gasteiger partial charge in [0.05, 0.1) is 17.0 Å². The molecule has 0 fully saturated rings. The lowest BCUT2D eigenvalue weighted by molar-refractivity contribution is -0.122. The summed E-state index contributed by atoms with van der Waals surface area (Å²) in [5, 5.41) is 3.76. The van der Waals surface area contributed by atoms with Crippen LogP contribution in [0.25, 0.3) is 0 Å². The van der Waals surface area contributed by atoms with Gasteiger partial charge in [-0.05, 0) is 47.9 Å². The summed E-state index contributed by atoms with van der Waals surface area (Å²) in [6.45, 7) is 0.107. The van der Waals surface area contributed by atoms with Crippen molar-refractivity contribution in [3.8, 4) is 5.75 Å². The summed E-state index contributed by atoms with van der Waals surface area (Å²) >= 11 is 18.2. The van der Waals surface area contributed by atoms with E-state index in [0.29, 0.717) is 21.4 Å². The molecule has 2 N–H and O–H groups in total. The van der Waals surface area contributed by atoms with Gasteiger partial charge in [-0.2, -0.15) is 4.72 Å². The Hall–Kier alpha value is -2.29. The Morgan fingerprint density at radius 1 is 0.970 bits per heavy atom. The van der Waals surface area contributed by atoms with E-state index < -0.39 is 22.0 Å². The second-order valence-corrected chi connectivity index (χ2v) is 10.1. The molecule has 1 amide bonds. The maximum Gasteiger partial charge on any atom is 0.241 e. The minimum Gasteiger partial charge on any atom is -0.495 e. The lowest BCUT2D eigenvalue weighted by atomic mass is 10.1. The summed E-state index contributed by atoms with van der Waals surface area (Å²) in [5.41, 5.74) is 1.44. The SMILES string of the molecule is COc1ccc(S(=O)(=O)N[C@H](Cc2ccccc2)C(=O)NCc2ccc(Cl)cc2Cl)cc1Cl. The molecule has 0 radical (unpaired) electrons. The molecule has 0 unspecified atom stereocenters. The number of methoxy groups -OCH3 is 1. The third-order valence-electron chi connectivity index (χ3n) is 4.80. The Balaban J connectivity index is 1.82. The molecule has 0 aliphatic heterocycles. The molecule has 0 aromatic heterocycles. The minimum absolute atomic E-state index is 0.0834. The smallest absolute Gasteiger partial charge is 0.241 e. The average molecular weight is 528 g/mol. The molecule has 3 aromatic rings. The predicted octanol–water partition coefficient (Wildman–Crippen LogP) is 4.86. The molecule has 0 saturated heterocycles. The van der Waals surface area contributed by atoms with Crippen molar-refractivity contribution < 1.29 is 17.9 Å². The van der Waals surface area contributed by atoms with Crippen LogP contribution in [0, 0.1) is 0 Å². The van der Waals surface area contributed by atoms with Gasteiger partial charge >= 0.3 is 0 Å². The van der Waals surface area contributed by atoms with Crippen molar-refractivity contribution in [1.82, 2.24) is 10.0 Å². The van der Waals surface area contributed by atoms with Crippen molar-refractivity contribution in [3.63, 3.8) is 0 Å². The van der Waals surface area contributed by atoms with Gasteiger partial charge in [-0.25, -0.2) is 8.42 Å². The van der Waals surface area contributed by atoms with Crippen molar-refractivity contribution >= 4 is 50.7 Å². The maximum atomic E-state index is 13.0. The van der Waals surface area contributed by atoms with Crippen LogP contribution in [0.15, 0.2) is 71.6 Å². The lowest BCUT2D eigenvalue weighted by Gasteiger charge is -2.19.